The third-order valence-corrected chi connectivity index (χ3v) is 7.08. The Morgan fingerprint density at radius 3 is 2.23 bits per heavy atom. The van der Waals surface area contributed by atoms with E-state index in [9.17, 15) is 13.2 Å². The highest BCUT2D eigenvalue weighted by molar-refractivity contribution is 14.1. The van der Waals surface area contributed by atoms with Gasteiger partial charge < -0.3 is 5.32 Å². The Morgan fingerprint density at radius 2 is 1.58 bits per heavy atom. The molecule has 0 unspecified atom stereocenters. The lowest BCUT2D eigenvalue weighted by molar-refractivity contribution is -0.117. The number of halogens is 1. The molecule has 0 saturated carbocycles. The van der Waals surface area contributed by atoms with Crippen LogP contribution >= 0.6 is 22.6 Å². The van der Waals surface area contributed by atoms with Crippen molar-refractivity contribution in [1.82, 2.24) is 9.21 Å². The number of hydrogen-bond donors (Lipinski definition) is 1. The van der Waals surface area contributed by atoms with E-state index in [-0.39, 0.29) is 12.5 Å². The zero-order chi connectivity index (χ0) is 18.6. The zero-order valence-corrected chi connectivity index (χ0v) is 17.1. The number of nitrogens with zero attached hydrogens (tertiary/aromatic N) is 2. The molecule has 0 bridgehead atoms. The highest BCUT2D eigenvalue weighted by Crippen LogP contribution is 2.18. The van der Waals surface area contributed by atoms with Crippen molar-refractivity contribution in [3.63, 3.8) is 0 Å². The number of rotatable bonds is 5. The normalized spacial score (nSPS) is 16.3. The topological polar surface area (TPSA) is 69.7 Å². The smallest absolute Gasteiger partial charge is 0.243 e. The number of anilines is 1. The summed E-state index contributed by atoms with van der Waals surface area (Å²) in [5.41, 5.74) is 0.795. The van der Waals surface area contributed by atoms with E-state index < -0.39 is 10.0 Å². The molecular formula is C18H20IN3O3S. The minimum Gasteiger partial charge on any atom is -0.324 e. The Hall–Kier alpha value is -1.49. The van der Waals surface area contributed by atoms with Gasteiger partial charge in [0.05, 0.1) is 17.1 Å². The van der Waals surface area contributed by atoms with Gasteiger partial charge in [0.2, 0.25) is 15.9 Å². The molecular weight excluding hydrogens is 465 g/mol. The van der Waals surface area contributed by atoms with Gasteiger partial charge >= 0.3 is 0 Å². The van der Waals surface area contributed by atoms with Crippen molar-refractivity contribution in [2.45, 2.75) is 4.90 Å². The predicted molar refractivity (Wildman–Crippen MR) is 109 cm³/mol. The van der Waals surface area contributed by atoms with Crippen molar-refractivity contribution in [3.8, 4) is 0 Å². The van der Waals surface area contributed by atoms with E-state index in [4.69, 9.17) is 0 Å². The molecule has 3 rings (SSSR count). The van der Waals surface area contributed by atoms with E-state index in [2.05, 4.69) is 27.9 Å². The third kappa shape index (κ3) is 4.61. The number of para-hydroxylation sites is 1. The zero-order valence-electron chi connectivity index (χ0n) is 14.1. The summed E-state index contributed by atoms with van der Waals surface area (Å²) < 4.78 is 27.7. The van der Waals surface area contributed by atoms with Crippen LogP contribution in [-0.4, -0.2) is 56.3 Å². The number of benzene rings is 2. The van der Waals surface area contributed by atoms with Crippen LogP contribution < -0.4 is 5.32 Å². The summed E-state index contributed by atoms with van der Waals surface area (Å²) in [5.74, 6) is -0.0894. The van der Waals surface area contributed by atoms with E-state index in [1.165, 1.54) is 4.31 Å². The second kappa shape index (κ2) is 8.47. The SMILES string of the molecule is O=C(CN1CCN(S(=O)(=O)c2ccccc2)CC1)Nc1ccccc1I. The lowest BCUT2D eigenvalue weighted by atomic mass is 10.3. The van der Waals surface area contributed by atoms with E-state index in [0.29, 0.717) is 31.1 Å². The van der Waals surface area contributed by atoms with Crippen LogP contribution in [0.4, 0.5) is 5.69 Å². The second-order valence-corrected chi connectivity index (χ2v) is 9.12. The minimum absolute atomic E-state index is 0.0894. The van der Waals surface area contributed by atoms with E-state index in [1.54, 1.807) is 30.3 Å². The summed E-state index contributed by atoms with van der Waals surface area (Å²) in [5, 5.41) is 2.90. The lowest BCUT2D eigenvalue weighted by Gasteiger charge is -2.33. The van der Waals surface area contributed by atoms with Crippen LogP contribution in [0.5, 0.6) is 0 Å². The van der Waals surface area contributed by atoms with Crippen LogP contribution in [0.3, 0.4) is 0 Å². The van der Waals surface area contributed by atoms with Gasteiger partial charge in [0, 0.05) is 29.7 Å². The van der Waals surface area contributed by atoms with Gasteiger partial charge in [-0.15, -0.1) is 0 Å². The molecule has 1 fully saturated rings. The van der Waals surface area contributed by atoms with E-state index in [1.807, 2.05) is 29.2 Å². The first-order valence-corrected chi connectivity index (χ1v) is 10.8. The Kier molecular flexibility index (Phi) is 6.28. The highest BCUT2D eigenvalue weighted by atomic mass is 127. The van der Waals surface area contributed by atoms with Crippen LogP contribution in [0.15, 0.2) is 59.5 Å². The van der Waals surface area contributed by atoms with Gasteiger partial charge in [0.15, 0.2) is 0 Å². The third-order valence-electron chi connectivity index (χ3n) is 4.23. The van der Waals surface area contributed by atoms with Gasteiger partial charge in [-0.05, 0) is 46.9 Å². The summed E-state index contributed by atoms with van der Waals surface area (Å²) in [4.78, 5) is 14.5. The van der Waals surface area contributed by atoms with Crippen molar-refractivity contribution >= 4 is 44.2 Å². The molecule has 1 N–H and O–H groups in total. The molecule has 26 heavy (non-hydrogen) atoms. The standard InChI is InChI=1S/C18H20IN3O3S/c19-16-8-4-5-9-17(16)20-18(23)14-21-10-12-22(13-11-21)26(24,25)15-6-2-1-3-7-15/h1-9H,10-14H2,(H,20,23). The summed E-state index contributed by atoms with van der Waals surface area (Å²) in [6.07, 6.45) is 0. The first-order valence-electron chi connectivity index (χ1n) is 8.29. The molecule has 1 amide bonds. The largest absolute Gasteiger partial charge is 0.324 e. The van der Waals surface area contributed by atoms with E-state index >= 15 is 0 Å². The number of piperazine rings is 1. The molecule has 8 heteroatoms. The molecule has 1 saturated heterocycles. The van der Waals surface area contributed by atoms with Crippen LogP contribution in [0.1, 0.15) is 0 Å². The molecule has 2 aromatic rings. The average molecular weight is 485 g/mol. The number of carbonyl (C=O) groups excluding carboxylic acids is 1. The van der Waals surface area contributed by atoms with Gasteiger partial charge in [0.1, 0.15) is 0 Å². The molecule has 0 aliphatic carbocycles. The molecule has 0 atom stereocenters. The van der Waals surface area contributed by atoms with Crippen LogP contribution in [0.25, 0.3) is 0 Å². The Labute approximate surface area is 167 Å². The van der Waals surface area contributed by atoms with Crippen molar-refractivity contribution in [2.24, 2.45) is 0 Å². The first-order chi connectivity index (χ1) is 12.5. The number of sulfonamides is 1. The van der Waals surface area contributed by atoms with Crippen molar-refractivity contribution in [2.75, 3.05) is 38.0 Å². The first kappa shape index (κ1) is 19.3. The van der Waals surface area contributed by atoms with Crippen molar-refractivity contribution in [3.05, 3.63) is 58.2 Å². The number of hydrogen-bond acceptors (Lipinski definition) is 4. The van der Waals surface area contributed by atoms with Gasteiger partial charge in [-0.1, -0.05) is 30.3 Å². The summed E-state index contributed by atoms with van der Waals surface area (Å²) in [6.45, 7) is 2.09. The molecule has 0 radical (unpaired) electrons. The Bertz CT molecular complexity index is 866. The van der Waals surface area contributed by atoms with Gasteiger partial charge in [-0.25, -0.2) is 8.42 Å². The minimum atomic E-state index is -3.46. The predicted octanol–water partition coefficient (Wildman–Crippen LogP) is 2.24. The molecule has 0 spiro atoms. The molecule has 2 aromatic carbocycles. The van der Waals surface area contributed by atoms with Crippen LogP contribution in [0.2, 0.25) is 0 Å². The lowest BCUT2D eigenvalue weighted by Crippen LogP contribution is -2.50. The van der Waals surface area contributed by atoms with Gasteiger partial charge in [-0.2, -0.15) is 4.31 Å². The fourth-order valence-corrected chi connectivity index (χ4v) is 4.79. The summed E-state index contributed by atoms with van der Waals surface area (Å²) in [7, 11) is -3.46. The Morgan fingerprint density at radius 1 is 0.962 bits per heavy atom. The maximum atomic E-state index is 12.6. The quantitative estimate of drug-likeness (QED) is 0.660. The molecule has 1 heterocycles. The summed E-state index contributed by atoms with van der Waals surface area (Å²) >= 11 is 2.18. The molecule has 1 aliphatic heterocycles. The van der Waals surface area contributed by atoms with Crippen LogP contribution in [-0.2, 0) is 14.8 Å². The fraction of sp³-hybridized carbons (Fsp3) is 0.278. The Balaban J connectivity index is 1.54. The molecule has 6 nitrogen and oxygen atoms in total. The molecule has 1 aliphatic rings. The highest BCUT2D eigenvalue weighted by Gasteiger charge is 2.28. The van der Waals surface area contributed by atoms with Crippen LogP contribution in [0, 0.1) is 3.57 Å². The van der Waals surface area contributed by atoms with Gasteiger partial charge in [-0.3, -0.25) is 9.69 Å². The van der Waals surface area contributed by atoms with Crippen molar-refractivity contribution in [1.29, 1.82) is 0 Å². The molecule has 138 valence electrons. The average Bonchev–Trinajstić information content (AvgIpc) is 2.65. The maximum absolute atomic E-state index is 12.6. The number of amides is 1. The summed E-state index contributed by atoms with van der Waals surface area (Å²) in [6, 6.07) is 16.1. The monoisotopic (exact) mass is 485 g/mol. The fourth-order valence-electron chi connectivity index (χ4n) is 2.82. The van der Waals surface area contributed by atoms with Crippen molar-refractivity contribution < 1.29 is 13.2 Å². The maximum Gasteiger partial charge on any atom is 0.243 e. The van der Waals surface area contributed by atoms with E-state index in [0.717, 1.165) is 9.26 Å². The number of carbonyl (C=O) groups is 1. The molecule has 0 aromatic heterocycles. The van der Waals surface area contributed by atoms with Gasteiger partial charge in [0.25, 0.3) is 0 Å². The second-order valence-electron chi connectivity index (χ2n) is 6.02. The number of nitrogens with one attached hydrogen (secondary N) is 1.